The number of hydrogen-bond donors (Lipinski definition) is 2. The van der Waals surface area contributed by atoms with Gasteiger partial charge in [0, 0.05) is 23.7 Å². The molecule has 0 saturated heterocycles. The van der Waals surface area contributed by atoms with Crippen molar-refractivity contribution in [2.45, 2.75) is 19.8 Å². The maximum absolute atomic E-state index is 12.2. The Bertz CT molecular complexity index is 769. The Kier molecular flexibility index (Phi) is 5.56. The van der Waals surface area contributed by atoms with E-state index in [1.165, 1.54) is 0 Å². The second kappa shape index (κ2) is 8.04. The van der Waals surface area contributed by atoms with E-state index in [0.29, 0.717) is 18.0 Å². The molecule has 1 fully saturated rings. The number of amides is 2. The molecule has 136 valence electrons. The Morgan fingerprint density at radius 3 is 2.31 bits per heavy atom. The summed E-state index contributed by atoms with van der Waals surface area (Å²) in [5, 5.41) is 5.81. The van der Waals surface area contributed by atoms with Gasteiger partial charge < -0.3 is 15.4 Å². The van der Waals surface area contributed by atoms with Crippen molar-refractivity contribution in [2.24, 2.45) is 11.8 Å². The number of ether oxygens (including phenoxy) is 1. The van der Waals surface area contributed by atoms with Gasteiger partial charge in [-0.3, -0.25) is 9.59 Å². The van der Waals surface area contributed by atoms with Crippen LogP contribution in [0.15, 0.2) is 48.5 Å². The lowest BCUT2D eigenvalue weighted by molar-refractivity contribution is -0.117. The molecule has 1 saturated carbocycles. The molecule has 2 aromatic rings. The number of rotatable bonds is 7. The summed E-state index contributed by atoms with van der Waals surface area (Å²) >= 11 is 0. The number of anilines is 1. The molecule has 2 aromatic carbocycles. The third-order valence-electron chi connectivity index (χ3n) is 4.72. The van der Waals surface area contributed by atoms with Crippen LogP contribution in [0.2, 0.25) is 0 Å². The minimum atomic E-state index is -0.118. The SMILES string of the molecule is COc1ccc(CCNC(=O)c2ccc(NC(=O)C3CC3C)cc2)cc1. The molecule has 0 heterocycles. The first-order valence-corrected chi connectivity index (χ1v) is 8.89. The maximum atomic E-state index is 12.2. The van der Waals surface area contributed by atoms with Crippen LogP contribution in [0.25, 0.3) is 0 Å². The minimum Gasteiger partial charge on any atom is -0.497 e. The van der Waals surface area contributed by atoms with Gasteiger partial charge in [-0.1, -0.05) is 19.1 Å². The molecule has 5 nitrogen and oxygen atoms in total. The Balaban J connectivity index is 1.45. The molecule has 2 N–H and O–H groups in total. The highest BCUT2D eigenvalue weighted by Crippen LogP contribution is 2.38. The van der Waals surface area contributed by atoms with Crippen LogP contribution in [0, 0.1) is 11.8 Å². The van der Waals surface area contributed by atoms with Crippen molar-refractivity contribution < 1.29 is 14.3 Å². The summed E-state index contributed by atoms with van der Waals surface area (Å²) in [4.78, 5) is 24.1. The van der Waals surface area contributed by atoms with Gasteiger partial charge in [0.05, 0.1) is 7.11 Å². The third-order valence-corrected chi connectivity index (χ3v) is 4.72. The maximum Gasteiger partial charge on any atom is 0.251 e. The second-order valence-corrected chi connectivity index (χ2v) is 6.74. The minimum absolute atomic E-state index is 0.0641. The van der Waals surface area contributed by atoms with Gasteiger partial charge in [-0.2, -0.15) is 0 Å². The zero-order valence-electron chi connectivity index (χ0n) is 15.1. The Morgan fingerprint density at radius 2 is 1.73 bits per heavy atom. The smallest absolute Gasteiger partial charge is 0.251 e. The zero-order valence-corrected chi connectivity index (χ0v) is 15.1. The predicted octanol–water partition coefficient (Wildman–Crippen LogP) is 3.26. The van der Waals surface area contributed by atoms with Gasteiger partial charge in [0.15, 0.2) is 0 Å². The van der Waals surface area contributed by atoms with Crippen LogP contribution in [0.3, 0.4) is 0 Å². The van der Waals surface area contributed by atoms with Crippen molar-refractivity contribution in [1.29, 1.82) is 0 Å². The average molecular weight is 352 g/mol. The highest BCUT2D eigenvalue weighted by Gasteiger charge is 2.39. The van der Waals surface area contributed by atoms with Crippen molar-refractivity contribution in [1.82, 2.24) is 5.32 Å². The van der Waals surface area contributed by atoms with Crippen LogP contribution in [-0.4, -0.2) is 25.5 Å². The van der Waals surface area contributed by atoms with E-state index in [1.54, 1.807) is 31.4 Å². The monoisotopic (exact) mass is 352 g/mol. The Hall–Kier alpha value is -2.82. The lowest BCUT2D eigenvalue weighted by atomic mass is 10.1. The summed E-state index contributed by atoms with van der Waals surface area (Å²) < 4.78 is 5.13. The zero-order chi connectivity index (χ0) is 18.5. The lowest BCUT2D eigenvalue weighted by Gasteiger charge is -2.08. The van der Waals surface area contributed by atoms with Crippen LogP contribution < -0.4 is 15.4 Å². The van der Waals surface area contributed by atoms with Crippen molar-refractivity contribution >= 4 is 17.5 Å². The number of carbonyl (C=O) groups excluding carboxylic acids is 2. The van der Waals surface area contributed by atoms with Crippen LogP contribution in [0.4, 0.5) is 5.69 Å². The van der Waals surface area contributed by atoms with E-state index in [0.717, 1.165) is 29.8 Å². The fourth-order valence-electron chi connectivity index (χ4n) is 2.84. The van der Waals surface area contributed by atoms with Crippen LogP contribution in [-0.2, 0) is 11.2 Å². The molecule has 0 aliphatic heterocycles. The van der Waals surface area contributed by atoms with E-state index in [4.69, 9.17) is 4.74 Å². The average Bonchev–Trinajstić information content (AvgIpc) is 3.40. The summed E-state index contributed by atoms with van der Waals surface area (Å²) in [7, 11) is 1.64. The molecule has 2 atom stereocenters. The summed E-state index contributed by atoms with van der Waals surface area (Å²) in [5.41, 5.74) is 2.44. The fourth-order valence-corrected chi connectivity index (χ4v) is 2.84. The predicted molar refractivity (Wildman–Crippen MR) is 101 cm³/mol. The van der Waals surface area contributed by atoms with Crippen molar-refractivity contribution in [3.05, 3.63) is 59.7 Å². The van der Waals surface area contributed by atoms with E-state index in [9.17, 15) is 9.59 Å². The molecular weight excluding hydrogens is 328 g/mol. The molecule has 1 aliphatic rings. The molecule has 2 amide bonds. The van der Waals surface area contributed by atoms with E-state index in [1.807, 2.05) is 24.3 Å². The number of methoxy groups -OCH3 is 1. The molecule has 1 aliphatic carbocycles. The third kappa shape index (κ3) is 4.63. The molecular formula is C21H24N2O3. The topological polar surface area (TPSA) is 67.4 Å². The molecule has 0 spiro atoms. The summed E-state index contributed by atoms with van der Waals surface area (Å²) in [6, 6.07) is 14.8. The van der Waals surface area contributed by atoms with Crippen molar-refractivity contribution in [3.63, 3.8) is 0 Å². The normalized spacial score (nSPS) is 18.1. The van der Waals surface area contributed by atoms with E-state index < -0.39 is 0 Å². The first-order valence-electron chi connectivity index (χ1n) is 8.89. The number of nitrogens with one attached hydrogen (secondary N) is 2. The van der Waals surface area contributed by atoms with Crippen molar-refractivity contribution in [2.75, 3.05) is 19.0 Å². The Labute approximate surface area is 153 Å². The van der Waals surface area contributed by atoms with Gasteiger partial charge >= 0.3 is 0 Å². The van der Waals surface area contributed by atoms with Gasteiger partial charge in [0.2, 0.25) is 5.91 Å². The largest absolute Gasteiger partial charge is 0.497 e. The van der Waals surface area contributed by atoms with Gasteiger partial charge in [-0.25, -0.2) is 0 Å². The highest BCUT2D eigenvalue weighted by atomic mass is 16.5. The van der Waals surface area contributed by atoms with Crippen LogP contribution in [0.5, 0.6) is 5.75 Å². The molecule has 2 unspecified atom stereocenters. The van der Waals surface area contributed by atoms with Gasteiger partial charge in [-0.15, -0.1) is 0 Å². The van der Waals surface area contributed by atoms with E-state index >= 15 is 0 Å². The summed E-state index contributed by atoms with van der Waals surface area (Å²) in [6.45, 7) is 2.63. The van der Waals surface area contributed by atoms with E-state index in [2.05, 4.69) is 17.6 Å². The first-order chi connectivity index (χ1) is 12.6. The Morgan fingerprint density at radius 1 is 1.08 bits per heavy atom. The van der Waals surface area contributed by atoms with Crippen molar-refractivity contribution in [3.8, 4) is 5.75 Å². The molecule has 0 bridgehead atoms. The number of hydrogen-bond acceptors (Lipinski definition) is 3. The molecule has 5 heteroatoms. The standard InChI is InChI=1S/C21H24N2O3/c1-14-13-19(14)21(25)23-17-7-5-16(6-8-17)20(24)22-12-11-15-3-9-18(26-2)10-4-15/h3-10,14,19H,11-13H2,1-2H3,(H,22,24)(H,23,25). The molecule has 3 rings (SSSR count). The summed E-state index contributed by atoms with van der Waals surface area (Å²) in [6.07, 6.45) is 1.71. The number of carbonyl (C=O) groups is 2. The van der Waals surface area contributed by atoms with Gasteiger partial charge in [-0.05, 0) is 60.7 Å². The number of benzene rings is 2. The van der Waals surface area contributed by atoms with Crippen LogP contribution >= 0.6 is 0 Å². The van der Waals surface area contributed by atoms with Gasteiger partial charge in [0.1, 0.15) is 5.75 Å². The first kappa shape index (κ1) is 18.0. The van der Waals surface area contributed by atoms with Gasteiger partial charge in [0.25, 0.3) is 5.91 Å². The summed E-state index contributed by atoms with van der Waals surface area (Å²) in [5.74, 6) is 1.38. The fraction of sp³-hybridized carbons (Fsp3) is 0.333. The second-order valence-electron chi connectivity index (χ2n) is 6.74. The molecule has 0 aromatic heterocycles. The lowest BCUT2D eigenvalue weighted by Crippen LogP contribution is -2.25. The quantitative estimate of drug-likeness (QED) is 0.804. The van der Waals surface area contributed by atoms with Crippen LogP contribution in [0.1, 0.15) is 29.3 Å². The molecule has 0 radical (unpaired) electrons. The molecule has 26 heavy (non-hydrogen) atoms. The van der Waals surface area contributed by atoms with E-state index in [-0.39, 0.29) is 17.7 Å². The highest BCUT2D eigenvalue weighted by molar-refractivity contribution is 5.96.